The van der Waals surface area contributed by atoms with E-state index in [1.807, 2.05) is 35.7 Å². The highest BCUT2D eigenvalue weighted by atomic mass is 32.1. The molecule has 0 spiro atoms. The summed E-state index contributed by atoms with van der Waals surface area (Å²) in [4.78, 5) is 14.8. The second kappa shape index (κ2) is 6.48. The molecule has 3 unspecified atom stereocenters. The van der Waals surface area contributed by atoms with Crippen molar-refractivity contribution in [2.45, 2.75) is 37.9 Å². The summed E-state index contributed by atoms with van der Waals surface area (Å²) in [5, 5.41) is 10.5. The van der Waals surface area contributed by atoms with Gasteiger partial charge in [-0.2, -0.15) is 0 Å². The Morgan fingerprint density at radius 3 is 3.15 bits per heavy atom. The number of amides is 1. The second-order valence-electron chi connectivity index (χ2n) is 7.23. The van der Waals surface area contributed by atoms with Crippen molar-refractivity contribution in [2.75, 3.05) is 6.54 Å². The molecule has 0 radical (unpaired) electrons. The maximum absolute atomic E-state index is 12.4. The van der Waals surface area contributed by atoms with Crippen molar-refractivity contribution in [2.24, 2.45) is 5.92 Å². The third-order valence-corrected chi connectivity index (χ3v) is 6.13. The number of aromatic nitrogens is 2. The lowest BCUT2D eigenvalue weighted by Crippen LogP contribution is -2.54. The minimum Gasteiger partial charge on any atom is -0.461 e. The van der Waals surface area contributed by atoms with E-state index in [0.717, 1.165) is 35.5 Å². The molecule has 1 N–H and O–H groups in total. The normalized spacial score (nSPS) is 24.7. The fraction of sp³-hybridized carbons (Fsp3) is 0.421. The Kier molecular flexibility index (Phi) is 3.98. The van der Waals surface area contributed by atoms with Crippen LogP contribution in [0.5, 0.6) is 0 Å². The number of rotatable bonds is 6. The zero-order valence-corrected chi connectivity index (χ0v) is 15.1. The summed E-state index contributed by atoms with van der Waals surface area (Å²) >= 11 is 1.39. The summed E-state index contributed by atoms with van der Waals surface area (Å²) in [6.45, 7) is 1.87. The van der Waals surface area contributed by atoms with Crippen LogP contribution in [0.3, 0.4) is 0 Å². The van der Waals surface area contributed by atoms with E-state index in [1.165, 1.54) is 18.0 Å². The van der Waals surface area contributed by atoms with Gasteiger partial charge in [-0.15, -0.1) is 5.10 Å². The zero-order valence-electron chi connectivity index (χ0n) is 14.3. The first-order chi connectivity index (χ1) is 12.8. The number of aryl methyl sites for hydroxylation is 1. The number of hydrogen-bond acceptors (Lipinski definition) is 6. The summed E-state index contributed by atoms with van der Waals surface area (Å²) in [6.07, 6.45) is 2.27. The minimum absolute atomic E-state index is 0.113. The van der Waals surface area contributed by atoms with E-state index in [4.69, 9.17) is 4.42 Å². The van der Waals surface area contributed by atoms with E-state index >= 15 is 0 Å². The molecule has 134 valence electrons. The van der Waals surface area contributed by atoms with Crippen molar-refractivity contribution >= 4 is 28.4 Å². The van der Waals surface area contributed by atoms with Gasteiger partial charge < -0.3 is 9.73 Å². The number of hydrogen-bond donors (Lipinski definition) is 1. The van der Waals surface area contributed by atoms with Crippen LogP contribution in [-0.4, -0.2) is 39.0 Å². The third-order valence-electron chi connectivity index (χ3n) is 5.58. The standard InChI is InChI=1S/C19H20N4O2S/c24-18(6-5-15-7-12-3-1-2-4-17(12)25-15)20-19-13-8-16(19)23(9-13)10-14-11-26-22-21-14/h1-4,7,11,13,16,19H,5-6,8-10H2,(H,20,24). The number of carbonyl (C=O) groups excluding carboxylic acids is 1. The van der Waals surface area contributed by atoms with Crippen LogP contribution in [0.15, 0.2) is 40.1 Å². The Bertz CT molecular complexity index is 890. The average Bonchev–Trinajstić information content (AvgIpc) is 3.40. The average molecular weight is 368 g/mol. The molecular formula is C19H20N4O2S. The monoisotopic (exact) mass is 368 g/mol. The fourth-order valence-electron chi connectivity index (χ4n) is 4.23. The molecule has 6 rings (SSSR count). The number of furan rings is 1. The number of nitrogens with zero attached hydrogens (tertiary/aromatic N) is 3. The summed E-state index contributed by atoms with van der Waals surface area (Å²) in [5.74, 6) is 1.56. The molecule has 3 aromatic rings. The highest BCUT2D eigenvalue weighted by molar-refractivity contribution is 7.03. The molecule has 1 saturated carbocycles. The number of fused-ring (bicyclic) bond motifs is 2. The van der Waals surface area contributed by atoms with Crippen LogP contribution in [0.25, 0.3) is 11.0 Å². The smallest absolute Gasteiger partial charge is 0.220 e. The van der Waals surface area contributed by atoms with Gasteiger partial charge >= 0.3 is 0 Å². The van der Waals surface area contributed by atoms with Crippen molar-refractivity contribution in [1.82, 2.24) is 19.8 Å². The Morgan fingerprint density at radius 2 is 2.31 bits per heavy atom. The van der Waals surface area contributed by atoms with E-state index in [1.54, 1.807) is 0 Å². The van der Waals surface area contributed by atoms with Crippen molar-refractivity contribution < 1.29 is 9.21 Å². The van der Waals surface area contributed by atoms with Gasteiger partial charge in [-0.3, -0.25) is 9.69 Å². The van der Waals surface area contributed by atoms with Gasteiger partial charge in [-0.05, 0) is 36.0 Å². The highest BCUT2D eigenvalue weighted by Gasteiger charge is 2.52. The molecular weight excluding hydrogens is 348 g/mol. The van der Waals surface area contributed by atoms with Crippen molar-refractivity contribution in [3.63, 3.8) is 0 Å². The topological polar surface area (TPSA) is 71.3 Å². The maximum Gasteiger partial charge on any atom is 0.220 e. The fourth-order valence-corrected chi connectivity index (χ4v) is 4.68. The molecule has 1 aliphatic carbocycles. The lowest BCUT2D eigenvalue weighted by atomic mass is 9.80. The van der Waals surface area contributed by atoms with Gasteiger partial charge in [0.25, 0.3) is 0 Å². The quantitative estimate of drug-likeness (QED) is 0.724. The number of carbonyl (C=O) groups is 1. The Balaban J connectivity index is 1.14. The number of nitrogens with one attached hydrogen (secondary N) is 1. The Labute approximate surface area is 155 Å². The maximum atomic E-state index is 12.4. The van der Waals surface area contributed by atoms with Crippen LogP contribution >= 0.6 is 11.5 Å². The predicted molar refractivity (Wildman–Crippen MR) is 98.7 cm³/mol. The van der Waals surface area contributed by atoms with Gasteiger partial charge in [0.15, 0.2) is 0 Å². The Hall–Kier alpha value is -2.25. The number of para-hydroxylation sites is 1. The van der Waals surface area contributed by atoms with Crippen molar-refractivity contribution in [3.8, 4) is 0 Å². The van der Waals surface area contributed by atoms with Crippen LogP contribution in [0.4, 0.5) is 0 Å². The molecule has 2 aliphatic heterocycles. The summed E-state index contributed by atoms with van der Waals surface area (Å²) in [6, 6.07) is 10.7. The first-order valence-electron chi connectivity index (χ1n) is 9.03. The first-order valence-corrected chi connectivity index (χ1v) is 9.87. The van der Waals surface area contributed by atoms with Crippen LogP contribution in [0, 0.1) is 5.92 Å². The van der Waals surface area contributed by atoms with E-state index < -0.39 is 0 Å². The molecule has 2 saturated heterocycles. The molecule has 4 heterocycles. The van der Waals surface area contributed by atoms with Crippen molar-refractivity contribution in [3.05, 3.63) is 47.2 Å². The lowest BCUT2D eigenvalue weighted by molar-refractivity contribution is -0.123. The molecule has 26 heavy (non-hydrogen) atoms. The van der Waals surface area contributed by atoms with Gasteiger partial charge in [0.05, 0.1) is 5.69 Å². The molecule has 6 nitrogen and oxygen atoms in total. The van der Waals surface area contributed by atoms with Crippen LogP contribution in [-0.2, 0) is 17.8 Å². The van der Waals surface area contributed by atoms with Gasteiger partial charge in [-0.25, -0.2) is 0 Å². The zero-order chi connectivity index (χ0) is 17.5. The highest BCUT2D eigenvalue weighted by Crippen LogP contribution is 2.41. The van der Waals surface area contributed by atoms with E-state index in [-0.39, 0.29) is 11.9 Å². The third kappa shape index (κ3) is 2.91. The van der Waals surface area contributed by atoms with Gasteiger partial charge in [0, 0.05) is 48.8 Å². The summed E-state index contributed by atoms with van der Waals surface area (Å²) in [5.41, 5.74) is 1.91. The predicted octanol–water partition coefficient (Wildman–Crippen LogP) is 2.61. The van der Waals surface area contributed by atoms with Gasteiger partial charge in [0.1, 0.15) is 11.3 Å². The molecule has 7 heteroatoms. The molecule has 2 bridgehead atoms. The Morgan fingerprint density at radius 1 is 1.38 bits per heavy atom. The molecule has 3 aliphatic rings. The van der Waals surface area contributed by atoms with E-state index in [2.05, 4.69) is 19.8 Å². The van der Waals surface area contributed by atoms with E-state index in [0.29, 0.717) is 24.8 Å². The SMILES string of the molecule is O=C(CCc1cc2ccccc2o1)NC1C2CC1N(Cc1csnn1)C2. The first kappa shape index (κ1) is 16.0. The molecule has 1 aromatic carbocycles. The second-order valence-corrected chi connectivity index (χ2v) is 7.84. The summed E-state index contributed by atoms with van der Waals surface area (Å²) in [7, 11) is 0. The number of benzene rings is 1. The van der Waals surface area contributed by atoms with Crippen LogP contribution in [0.1, 0.15) is 24.3 Å². The van der Waals surface area contributed by atoms with Crippen molar-refractivity contribution in [1.29, 1.82) is 0 Å². The van der Waals surface area contributed by atoms with E-state index in [9.17, 15) is 4.79 Å². The van der Waals surface area contributed by atoms with Gasteiger partial charge in [0.2, 0.25) is 5.91 Å². The largest absolute Gasteiger partial charge is 0.461 e. The molecule has 2 aromatic heterocycles. The lowest BCUT2D eigenvalue weighted by Gasteiger charge is -2.37. The minimum atomic E-state index is 0.113. The molecule has 3 atom stereocenters. The molecule has 3 fully saturated rings. The van der Waals surface area contributed by atoms with Gasteiger partial charge in [-0.1, -0.05) is 22.7 Å². The van der Waals surface area contributed by atoms with Crippen LogP contribution < -0.4 is 5.32 Å². The summed E-state index contributed by atoms with van der Waals surface area (Å²) < 4.78 is 9.72. The molecule has 1 amide bonds. The van der Waals surface area contributed by atoms with Crippen LogP contribution in [0.2, 0.25) is 0 Å².